The minimum atomic E-state index is 0.835. The Bertz CT molecular complexity index is 173. The van der Waals surface area contributed by atoms with Gasteiger partial charge in [0.2, 0.25) is 0 Å². The Morgan fingerprint density at radius 1 is 0.941 bits per heavy atom. The highest BCUT2D eigenvalue weighted by Gasteiger charge is 2.24. The first kappa shape index (κ1) is 14.9. The molecule has 2 heterocycles. The van der Waals surface area contributed by atoms with Gasteiger partial charge in [0, 0.05) is 19.1 Å². The second kappa shape index (κ2) is 8.90. The van der Waals surface area contributed by atoms with Crippen molar-refractivity contribution in [2.45, 2.75) is 46.1 Å². The minimum absolute atomic E-state index is 0.835. The molecule has 2 rings (SSSR count). The summed E-state index contributed by atoms with van der Waals surface area (Å²) in [5, 5.41) is 0. The summed E-state index contributed by atoms with van der Waals surface area (Å²) >= 11 is 0. The first-order valence-corrected chi connectivity index (χ1v) is 7.35. The Labute approximate surface area is 107 Å². The number of morpholine rings is 1. The van der Waals surface area contributed by atoms with E-state index in [0.717, 1.165) is 32.3 Å². The van der Waals surface area contributed by atoms with Gasteiger partial charge in [-0.2, -0.15) is 0 Å². The summed E-state index contributed by atoms with van der Waals surface area (Å²) in [5.41, 5.74) is 0. The molecule has 3 heteroatoms. The van der Waals surface area contributed by atoms with E-state index in [0.29, 0.717) is 0 Å². The van der Waals surface area contributed by atoms with E-state index in [2.05, 4.69) is 30.6 Å². The third-order valence-corrected chi connectivity index (χ3v) is 3.57. The van der Waals surface area contributed by atoms with Crippen molar-refractivity contribution in [2.24, 2.45) is 0 Å². The molecule has 0 spiro atoms. The van der Waals surface area contributed by atoms with Crippen LogP contribution in [0.3, 0.4) is 0 Å². The van der Waals surface area contributed by atoms with Gasteiger partial charge in [-0.3, -0.25) is 4.90 Å². The number of likely N-dealkylation sites (tertiary alicyclic amines) is 1. The first-order valence-electron chi connectivity index (χ1n) is 7.35. The summed E-state index contributed by atoms with van der Waals surface area (Å²) < 4.78 is 5.38. The van der Waals surface area contributed by atoms with Crippen molar-refractivity contribution >= 4 is 0 Å². The Morgan fingerprint density at radius 2 is 1.47 bits per heavy atom. The molecule has 0 amide bonds. The predicted molar refractivity (Wildman–Crippen MR) is 73.5 cm³/mol. The Kier molecular flexibility index (Phi) is 7.82. The molecule has 0 radical (unpaired) electrons. The lowest BCUT2D eigenvalue weighted by Gasteiger charge is -2.39. The van der Waals surface area contributed by atoms with Crippen molar-refractivity contribution in [2.75, 3.05) is 45.9 Å². The molecule has 0 bridgehead atoms. The maximum atomic E-state index is 5.38. The highest BCUT2D eigenvalue weighted by Crippen LogP contribution is 2.17. The zero-order valence-electron chi connectivity index (χ0n) is 12.0. The number of nitrogens with zero attached hydrogens (tertiary/aromatic N) is 2. The predicted octanol–water partition coefficient (Wildman–Crippen LogP) is 2.22. The fraction of sp³-hybridized carbons (Fsp3) is 1.00. The van der Waals surface area contributed by atoms with Gasteiger partial charge in [0.05, 0.1) is 13.2 Å². The van der Waals surface area contributed by atoms with Gasteiger partial charge in [-0.15, -0.1) is 0 Å². The van der Waals surface area contributed by atoms with Crippen LogP contribution in [0.5, 0.6) is 0 Å². The van der Waals surface area contributed by atoms with Crippen LogP contribution in [0.2, 0.25) is 0 Å². The van der Waals surface area contributed by atoms with Gasteiger partial charge in [0.25, 0.3) is 0 Å². The molecular weight excluding hydrogens is 212 g/mol. The first-order chi connectivity index (χ1) is 8.31. The third kappa shape index (κ3) is 5.36. The maximum Gasteiger partial charge on any atom is 0.0594 e. The average molecular weight is 242 g/mol. The zero-order chi connectivity index (χ0) is 12.5. The van der Waals surface area contributed by atoms with Crippen LogP contribution in [0.15, 0.2) is 0 Å². The SMILES string of the molecule is CCC.CCN1CCC(N2CCOCC2)CC1. The van der Waals surface area contributed by atoms with Crippen molar-refractivity contribution in [3.63, 3.8) is 0 Å². The molecule has 0 aromatic rings. The molecule has 17 heavy (non-hydrogen) atoms. The smallest absolute Gasteiger partial charge is 0.0594 e. The van der Waals surface area contributed by atoms with Crippen LogP contribution in [0.25, 0.3) is 0 Å². The molecule has 2 saturated heterocycles. The van der Waals surface area contributed by atoms with Crippen LogP contribution in [0.4, 0.5) is 0 Å². The maximum absolute atomic E-state index is 5.38. The molecular formula is C14H30N2O. The van der Waals surface area contributed by atoms with Crippen LogP contribution in [0, 0.1) is 0 Å². The Hall–Kier alpha value is -0.120. The van der Waals surface area contributed by atoms with Gasteiger partial charge >= 0.3 is 0 Å². The van der Waals surface area contributed by atoms with Crippen molar-refractivity contribution in [1.82, 2.24) is 9.80 Å². The summed E-state index contributed by atoms with van der Waals surface area (Å²) in [4.78, 5) is 5.17. The van der Waals surface area contributed by atoms with E-state index in [1.54, 1.807) is 0 Å². The van der Waals surface area contributed by atoms with Crippen molar-refractivity contribution < 1.29 is 4.74 Å². The number of piperidine rings is 1. The van der Waals surface area contributed by atoms with Crippen LogP contribution in [-0.4, -0.2) is 61.8 Å². The fourth-order valence-corrected chi connectivity index (χ4v) is 2.54. The lowest BCUT2D eigenvalue weighted by atomic mass is 10.0. The van der Waals surface area contributed by atoms with Crippen LogP contribution < -0.4 is 0 Å². The summed E-state index contributed by atoms with van der Waals surface area (Å²) in [5.74, 6) is 0. The van der Waals surface area contributed by atoms with Crippen LogP contribution in [0.1, 0.15) is 40.0 Å². The molecule has 0 N–H and O–H groups in total. The molecule has 0 aromatic heterocycles. The molecule has 2 fully saturated rings. The van der Waals surface area contributed by atoms with Gasteiger partial charge in [-0.1, -0.05) is 27.2 Å². The van der Waals surface area contributed by atoms with Crippen LogP contribution in [-0.2, 0) is 4.74 Å². The van der Waals surface area contributed by atoms with Gasteiger partial charge in [0.15, 0.2) is 0 Å². The monoisotopic (exact) mass is 242 g/mol. The normalized spacial score (nSPS) is 24.2. The largest absolute Gasteiger partial charge is 0.379 e. The van der Waals surface area contributed by atoms with Gasteiger partial charge < -0.3 is 9.64 Å². The molecule has 0 aromatic carbocycles. The van der Waals surface area contributed by atoms with E-state index >= 15 is 0 Å². The van der Waals surface area contributed by atoms with Crippen molar-refractivity contribution in [1.29, 1.82) is 0 Å². The molecule has 102 valence electrons. The zero-order valence-corrected chi connectivity index (χ0v) is 12.0. The summed E-state index contributed by atoms with van der Waals surface area (Å²) in [6.45, 7) is 14.5. The van der Waals surface area contributed by atoms with Crippen molar-refractivity contribution in [3.05, 3.63) is 0 Å². The number of hydrogen-bond donors (Lipinski definition) is 0. The summed E-state index contributed by atoms with van der Waals surface area (Å²) in [6.07, 6.45) is 3.96. The van der Waals surface area contributed by atoms with E-state index in [9.17, 15) is 0 Å². The number of rotatable bonds is 2. The van der Waals surface area contributed by atoms with E-state index in [-0.39, 0.29) is 0 Å². The van der Waals surface area contributed by atoms with Gasteiger partial charge in [-0.25, -0.2) is 0 Å². The van der Waals surface area contributed by atoms with E-state index < -0.39 is 0 Å². The second-order valence-electron chi connectivity index (χ2n) is 5.02. The summed E-state index contributed by atoms with van der Waals surface area (Å²) in [7, 11) is 0. The highest BCUT2D eigenvalue weighted by atomic mass is 16.5. The van der Waals surface area contributed by atoms with Gasteiger partial charge in [-0.05, 0) is 32.5 Å². The Morgan fingerprint density at radius 3 is 1.94 bits per heavy atom. The van der Waals surface area contributed by atoms with E-state index in [4.69, 9.17) is 4.74 Å². The minimum Gasteiger partial charge on any atom is -0.379 e. The van der Waals surface area contributed by atoms with E-state index in [1.165, 1.54) is 38.9 Å². The highest BCUT2D eigenvalue weighted by molar-refractivity contribution is 4.80. The van der Waals surface area contributed by atoms with Crippen molar-refractivity contribution in [3.8, 4) is 0 Å². The lowest BCUT2D eigenvalue weighted by molar-refractivity contribution is 0.00134. The third-order valence-electron chi connectivity index (χ3n) is 3.57. The second-order valence-corrected chi connectivity index (χ2v) is 5.02. The van der Waals surface area contributed by atoms with Crippen LogP contribution >= 0.6 is 0 Å². The standard InChI is InChI=1S/C11H22N2O.C3H8/c1-2-12-5-3-11(4-6-12)13-7-9-14-10-8-13;1-3-2/h11H,2-10H2,1H3;3H2,1-2H3. The molecule has 0 aliphatic carbocycles. The molecule has 0 atom stereocenters. The van der Waals surface area contributed by atoms with E-state index in [1.807, 2.05) is 0 Å². The Balaban J connectivity index is 0.000000437. The molecule has 0 saturated carbocycles. The topological polar surface area (TPSA) is 15.7 Å². The van der Waals surface area contributed by atoms with Gasteiger partial charge in [0.1, 0.15) is 0 Å². The average Bonchev–Trinajstić information content (AvgIpc) is 2.41. The lowest BCUT2D eigenvalue weighted by Crippen LogP contribution is -2.48. The number of ether oxygens (including phenoxy) is 1. The summed E-state index contributed by atoms with van der Waals surface area (Å²) in [6, 6.07) is 0.835. The molecule has 2 aliphatic heterocycles. The molecule has 2 aliphatic rings. The number of hydrogen-bond acceptors (Lipinski definition) is 3. The quantitative estimate of drug-likeness (QED) is 0.738. The fourth-order valence-electron chi connectivity index (χ4n) is 2.54. The molecule has 3 nitrogen and oxygen atoms in total. The molecule has 0 unspecified atom stereocenters.